The predicted molar refractivity (Wildman–Crippen MR) is 94.5 cm³/mol. The second kappa shape index (κ2) is 6.69. The molecular weight excluding hydrogens is 300 g/mol. The van der Waals surface area contributed by atoms with Crippen LogP contribution in [0.4, 0.5) is 0 Å². The van der Waals surface area contributed by atoms with Crippen LogP contribution in [0.1, 0.15) is 58.6 Å². The number of rotatable bonds is 5. The maximum atomic E-state index is 12.5. The maximum Gasteiger partial charge on any atom is 0.224 e. The van der Waals surface area contributed by atoms with Crippen LogP contribution in [-0.2, 0) is 24.2 Å². The molecule has 1 aliphatic heterocycles. The minimum absolute atomic E-state index is 0.0767. The highest BCUT2D eigenvalue weighted by atomic mass is 16.2. The Morgan fingerprint density at radius 2 is 2.08 bits per heavy atom. The van der Waals surface area contributed by atoms with Gasteiger partial charge in [-0.25, -0.2) is 0 Å². The second-order valence-electron chi connectivity index (χ2n) is 8.10. The summed E-state index contributed by atoms with van der Waals surface area (Å²) in [6.45, 7) is 10.2. The largest absolute Gasteiger partial charge is 0.355 e. The number of nitrogens with one attached hydrogen (secondary N) is 1. The molecule has 0 bridgehead atoms. The molecule has 5 heteroatoms. The number of aromatic nitrogens is 3. The quantitative estimate of drug-likeness (QED) is 0.845. The van der Waals surface area contributed by atoms with Crippen LogP contribution >= 0.6 is 0 Å². The van der Waals surface area contributed by atoms with Gasteiger partial charge in [-0.1, -0.05) is 31.9 Å². The Labute approximate surface area is 144 Å². The van der Waals surface area contributed by atoms with Crippen LogP contribution in [0.3, 0.4) is 0 Å². The van der Waals surface area contributed by atoms with Gasteiger partial charge in [-0.15, -0.1) is 10.2 Å². The zero-order valence-corrected chi connectivity index (χ0v) is 15.4. The summed E-state index contributed by atoms with van der Waals surface area (Å²) in [6, 6.07) is 0. The van der Waals surface area contributed by atoms with Crippen molar-refractivity contribution in [3.8, 4) is 0 Å². The summed E-state index contributed by atoms with van der Waals surface area (Å²) < 4.78 is 2.26. The van der Waals surface area contributed by atoms with E-state index in [1.54, 1.807) is 0 Å². The van der Waals surface area contributed by atoms with E-state index in [2.05, 4.69) is 53.9 Å². The lowest BCUT2D eigenvalue weighted by Crippen LogP contribution is -2.29. The fraction of sp³-hybridized carbons (Fsp3) is 0.737. The van der Waals surface area contributed by atoms with E-state index in [1.807, 2.05) is 0 Å². The molecule has 0 saturated heterocycles. The maximum absolute atomic E-state index is 12.5. The fourth-order valence-corrected chi connectivity index (χ4v) is 3.99. The van der Waals surface area contributed by atoms with Crippen molar-refractivity contribution in [1.82, 2.24) is 20.1 Å². The lowest BCUT2D eigenvalue weighted by Gasteiger charge is -2.08. The van der Waals surface area contributed by atoms with E-state index in [-0.39, 0.29) is 17.2 Å². The molecule has 2 heterocycles. The van der Waals surface area contributed by atoms with Crippen molar-refractivity contribution in [2.24, 2.45) is 17.3 Å². The van der Waals surface area contributed by atoms with Crippen molar-refractivity contribution in [1.29, 1.82) is 0 Å². The van der Waals surface area contributed by atoms with E-state index < -0.39 is 0 Å². The number of hydrogen-bond donors (Lipinski definition) is 1. The van der Waals surface area contributed by atoms with Gasteiger partial charge in [0.1, 0.15) is 11.6 Å². The molecule has 0 aromatic carbocycles. The first-order valence-corrected chi connectivity index (χ1v) is 9.25. The number of fused-ring (bicyclic) bond motifs is 1. The lowest BCUT2D eigenvalue weighted by molar-refractivity contribution is -0.123. The van der Waals surface area contributed by atoms with Crippen molar-refractivity contribution < 1.29 is 4.79 Å². The minimum Gasteiger partial charge on any atom is -0.355 e. The van der Waals surface area contributed by atoms with Gasteiger partial charge in [0.05, 0.1) is 5.92 Å². The van der Waals surface area contributed by atoms with E-state index in [1.165, 1.54) is 24.8 Å². The third-order valence-corrected chi connectivity index (χ3v) is 5.54. The molecular formula is C19H30N4O. The monoisotopic (exact) mass is 330 g/mol. The zero-order valence-electron chi connectivity index (χ0n) is 15.4. The molecule has 1 N–H and O–H groups in total. The van der Waals surface area contributed by atoms with E-state index in [0.29, 0.717) is 12.5 Å². The number of carbonyl (C=O) groups excluding carboxylic acids is 1. The molecule has 1 aromatic rings. The molecule has 2 unspecified atom stereocenters. The highest BCUT2D eigenvalue weighted by Crippen LogP contribution is 2.59. The molecule has 132 valence electrons. The van der Waals surface area contributed by atoms with Gasteiger partial charge in [0.25, 0.3) is 0 Å². The summed E-state index contributed by atoms with van der Waals surface area (Å²) in [6.07, 6.45) is 7.70. The van der Waals surface area contributed by atoms with Gasteiger partial charge in [0.15, 0.2) is 0 Å². The summed E-state index contributed by atoms with van der Waals surface area (Å²) in [5, 5.41) is 11.8. The summed E-state index contributed by atoms with van der Waals surface area (Å²) in [5.74, 6) is 2.77. The van der Waals surface area contributed by atoms with Gasteiger partial charge in [0, 0.05) is 25.9 Å². The highest BCUT2D eigenvalue weighted by molar-refractivity contribution is 5.83. The van der Waals surface area contributed by atoms with Crippen LogP contribution in [0.5, 0.6) is 0 Å². The van der Waals surface area contributed by atoms with E-state index in [0.717, 1.165) is 31.0 Å². The first-order chi connectivity index (χ1) is 11.4. The van der Waals surface area contributed by atoms with Crippen LogP contribution in [-0.4, -0.2) is 27.2 Å². The first kappa shape index (κ1) is 17.2. The van der Waals surface area contributed by atoms with Crippen LogP contribution in [0.15, 0.2) is 11.6 Å². The van der Waals surface area contributed by atoms with Crippen molar-refractivity contribution >= 4 is 5.91 Å². The summed E-state index contributed by atoms with van der Waals surface area (Å²) in [5.41, 5.74) is 1.36. The first-order valence-electron chi connectivity index (χ1n) is 9.25. The summed E-state index contributed by atoms with van der Waals surface area (Å²) >= 11 is 0. The van der Waals surface area contributed by atoms with Crippen LogP contribution in [0, 0.1) is 17.3 Å². The standard InChI is InChI=1S/C19H30N4O/c1-13(2)12-14-17(19(14,3)4)18(24)20-10-9-16-22-21-15-8-6-5-7-11-23(15)16/h12,14,17H,5-11H2,1-4H3,(H,20,24). The third-order valence-electron chi connectivity index (χ3n) is 5.54. The molecule has 1 amide bonds. The molecule has 1 aliphatic carbocycles. The van der Waals surface area contributed by atoms with Gasteiger partial charge in [-0.2, -0.15) is 0 Å². The molecule has 1 saturated carbocycles. The molecule has 3 rings (SSSR count). The van der Waals surface area contributed by atoms with Crippen molar-refractivity contribution in [3.63, 3.8) is 0 Å². The van der Waals surface area contributed by atoms with Gasteiger partial charge < -0.3 is 9.88 Å². The molecule has 5 nitrogen and oxygen atoms in total. The van der Waals surface area contributed by atoms with Gasteiger partial charge in [0.2, 0.25) is 5.91 Å². The number of allylic oxidation sites excluding steroid dienone is 2. The molecule has 24 heavy (non-hydrogen) atoms. The summed E-state index contributed by atoms with van der Waals surface area (Å²) in [7, 11) is 0. The van der Waals surface area contributed by atoms with Crippen LogP contribution < -0.4 is 5.32 Å². The Bertz CT molecular complexity index is 640. The normalized spacial score (nSPS) is 24.7. The highest BCUT2D eigenvalue weighted by Gasteiger charge is 2.60. The topological polar surface area (TPSA) is 59.8 Å². The molecule has 1 fully saturated rings. The number of carbonyl (C=O) groups is 1. The fourth-order valence-electron chi connectivity index (χ4n) is 3.99. The molecule has 0 radical (unpaired) electrons. The molecule has 2 atom stereocenters. The summed E-state index contributed by atoms with van der Waals surface area (Å²) in [4.78, 5) is 12.5. The van der Waals surface area contributed by atoms with Crippen LogP contribution in [0.2, 0.25) is 0 Å². The number of aryl methyl sites for hydroxylation is 1. The second-order valence-corrected chi connectivity index (χ2v) is 8.10. The number of amides is 1. The van der Waals surface area contributed by atoms with E-state index >= 15 is 0 Å². The average molecular weight is 330 g/mol. The molecule has 2 aliphatic rings. The Kier molecular flexibility index (Phi) is 4.79. The Morgan fingerprint density at radius 3 is 2.83 bits per heavy atom. The van der Waals surface area contributed by atoms with E-state index in [9.17, 15) is 4.79 Å². The van der Waals surface area contributed by atoms with Crippen molar-refractivity contribution in [3.05, 3.63) is 23.3 Å². The Morgan fingerprint density at radius 1 is 1.29 bits per heavy atom. The average Bonchev–Trinajstić information content (AvgIpc) is 2.96. The smallest absolute Gasteiger partial charge is 0.224 e. The van der Waals surface area contributed by atoms with E-state index in [4.69, 9.17) is 0 Å². The Balaban J connectivity index is 1.53. The van der Waals surface area contributed by atoms with Gasteiger partial charge in [-0.3, -0.25) is 4.79 Å². The predicted octanol–water partition coefficient (Wildman–Crippen LogP) is 2.90. The molecule has 0 spiro atoms. The SMILES string of the molecule is CC(C)=CC1C(C(=O)NCCc2nnc3n2CCCCC3)C1(C)C. The lowest BCUT2D eigenvalue weighted by atomic mass is 10.1. The minimum atomic E-state index is 0.0767. The van der Waals surface area contributed by atoms with Gasteiger partial charge in [-0.05, 0) is 38.0 Å². The molecule has 1 aromatic heterocycles. The number of hydrogen-bond acceptors (Lipinski definition) is 3. The van der Waals surface area contributed by atoms with Gasteiger partial charge >= 0.3 is 0 Å². The number of nitrogens with zero attached hydrogens (tertiary/aromatic N) is 3. The third kappa shape index (κ3) is 3.40. The Hall–Kier alpha value is -1.65. The zero-order chi connectivity index (χ0) is 17.3. The van der Waals surface area contributed by atoms with Crippen molar-refractivity contribution in [2.45, 2.75) is 66.3 Å². The van der Waals surface area contributed by atoms with Crippen molar-refractivity contribution in [2.75, 3.05) is 6.54 Å². The van der Waals surface area contributed by atoms with Crippen LogP contribution in [0.25, 0.3) is 0 Å².